The van der Waals surface area contributed by atoms with Crippen molar-refractivity contribution in [1.82, 2.24) is 10.3 Å². The number of halogens is 1. The minimum absolute atomic E-state index is 0.00418. The topological polar surface area (TPSA) is 114 Å². The number of methoxy groups -OCH3 is 2. The first kappa shape index (κ1) is 18.1. The third kappa shape index (κ3) is 6.32. The number of nitroso groups, excluding NO2 is 1. The third-order valence-corrected chi connectivity index (χ3v) is 2.45. The Morgan fingerprint density at radius 1 is 1.30 bits per heavy atom. The fourth-order valence-electron chi connectivity index (χ4n) is 1.24. The SMILES string of the molecule is COC(=O)CC[C@H](NC(=O)N(CCCl)N=O)C(=O)OC. The van der Waals surface area contributed by atoms with E-state index < -0.39 is 24.0 Å². The molecule has 0 bridgehead atoms. The second-order valence-electron chi connectivity index (χ2n) is 3.53. The minimum atomic E-state index is -1.09. The Bertz CT molecular complexity index is 365. The van der Waals surface area contributed by atoms with Crippen molar-refractivity contribution in [2.24, 2.45) is 5.29 Å². The van der Waals surface area contributed by atoms with Gasteiger partial charge in [-0.2, -0.15) is 5.01 Å². The van der Waals surface area contributed by atoms with Gasteiger partial charge in [-0.25, -0.2) is 9.59 Å². The summed E-state index contributed by atoms with van der Waals surface area (Å²) in [6.45, 7) is -0.109. The number of alkyl halides is 1. The van der Waals surface area contributed by atoms with Crippen molar-refractivity contribution < 1.29 is 23.9 Å². The summed E-state index contributed by atoms with van der Waals surface area (Å²) in [5.41, 5.74) is 0. The van der Waals surface area contributed by atoms with Crippen molar-refractivity contribution >= 4 is 29.6 Å². The normalized spacial score (nSPS) is 11.2. The number of urea groups is 1. The Labute approximate surface area is 120 Å². The molecule has 0 aliphatic rings. The zero-order chi connectivity index (χ0) is 15.5. The summed E-state index contributed by atoms with van der Waals surface area (Å²) < 4.78 is 8.92. The van der Waals surface area contributed by atoms with Crippen molar-refractivity contribution in [2.75, 3.05) is 26.6 Å². The van der Waals surface area contributed by atoms with E-state index in [4.69, 9.17) is 11.6 Å². The predicted molar refractivity (Wildman–Crippen MR) is 68.8 cm³/mol. The third-order valence-electron chi connectivity index (χ3n) is 2.28. The number of esters is 2. The average Bonchev–Trinajstić information content (AvgIpc) is 2.47. The van der Waals surface area contributed by atoms with Gasteiger partial charge in [-0.05, 0) is 6.42 Å². The Hall–Kier alpha value is -1.90. The van der Waals surface area contributed by atoms with Crippen LogP contribution in [0.5, 0.6) is 0 Å². The van der Waals surface area contributed by atoms with Gasteiger partial charge in [-0.15, -0.1) is 16.5 Å². The average molecular weight is 310 g/mol. The van der Waals surface area contributed by atoms with E-state index in [1.165, 1.54) is 7.11 Å². The zero-order valence-corrected chi connectivity index (χ0v) is 11.9. The maximum Gasteiger partial charge on any atom is 0.341 e. The molecule has 0 radical (unpaired) electrons. The lowest BCUT2D eigenvalue weighted by Gasteiger charge is -2.19. The highest BCUT2D eigenvalue weighted by atomic mass is 35.5. The summed E-state index contributed by atoms with van der Waals surface area (Å²) in [5.74, 6) is -1.29. The summed E-state index contributed by atoms with van der Waals surface area (Å²) >= 11 is 5.39. The van der Waals surface area contributed by atoms with Gasteiger partial charge in [-0.3, -0.25) is 4.79 Å². The molecule has 2 amide bonds. The highest BCUT2D eigenvalue weighted by Crippen LogP contribution is 2.03. The number of hydrogen-bond donors (Lipinski definition) is 1. The first-order valence-corrected chi connectivity index (χ1v) is 6.15. The highest BCUT2D eigenvalue weighted by Gasteiger charge is 2.25. The molecule has 0 saturated heterocycles. The lowest BCUT2D eigenvalue weighted by atomic mass is 10.1. The highest BCUT2D eigenvalue weighted by molar-refractivity contribution is 6.18. The van der Waals surface area contributed by atoms with Crippen LogP contribution in [0.1, 0.15) is 12.8 Å². The van der Waals surface area contributed by atoms with Gasteiger partial charge in [0.05, 0.1) is 26.1 Å². The number of amides is 2. The zero-order valence-electron chi connectivity index (χ0n) is 11.1. The molecule has 9 nitrogen and oxygen atoms in total. The van der Waals surface area contributed by atoms with Gasteiger partial charge < -0.3 is 14.8 Å². The Balaban J connectivity index is 4.63. The molecule has 0 spiro atoms. The van der Waals surface area contributed by atoms with E-state index in [0.29, 0.717) is 5.01 Å². The fourth-order valence-corrected chi connectivity index (χ4v) is 1.40. The number of nitrogens with one attached hydrogen (secondary N) is 1. The van der Waals surface area contributed by atoms with Crippen molar-refractivity contribution in [1.29, 1.82) is 0 Å². The number of ether oxygens (including phenoxy) is 2. The van der Waals surface area contributed by atoms with Crippen LogP contribution in [-0.2, 0) is 19.1 Å². The van der Waals surface area contributed by atoms with E-state index in [-0.39, 0.29) is 25.3 Å². The van der Waals surface area contributed by atoms with Crippen LogP contribution in [0.15, 0.2) is 5.29 Å². The Morgan fingerprint density at radius 2 is 1.95 bits per heavy atom. The Morgan fingerprint density at radius 3 is 2.40 bits per heavy atom. The smallest absolute Gasteiger partial charge is 0.341 e. The van der Waals surface area contributed by atoms with Crippen molar-refractivity contribution in [2.45, 2.75) is 18.9 Å². The molecule has 1 N–H and O–H groups in total. The monoisotopic (exact) mass is 309 g/mol. The molecule has 0 heterocycles. The quantitative estimate of drug-likeness (QED) is 0.300. The van der Waals surface area contributed by atoms with Crippen LogP contribution >= 0.6 is 11.6 Å². The predicted octanol–water partition coefficient (Wildman–Crippen LogP) is 0.413. The van der Waals surface area contributed by atoms with Crippen molar-refractivity contribution in [3.05, 3.63) is 4.91 Å². The number of nitrogens with zero attached hydrogens (tertiary/aromatic N) is 2. The van der Waals surface area contributed by atoms with E-state index in [1.54, 1.807) is 0 Å². The van der Waals surface area contributed by atoms with E-state index >= 15 is 0 Å². The summed E-state index contributed by atoms with van der Waals surface area (Å²) in [5, 5.41) is 5.23. The molecule has 20 heavy (non-hydrogen) atoms. The molecule has 0 aliphatic carbocycles. The number of hydrogen-bond acceptors (Lipinski definition) is 7. The number of rotatable bonds is 8. The summed E-state index contributed by atoms with van der Waals surface area (Å²) in [6.07, 6.45) is -0.126. The van der Waals surface area contributed by atoms with Crippen molar-refractivity contribution in [3.63, 3.8) is 0 Å². The molecule has 114 valence electrons. The van der Waals surface area contributed by atoms with Gasteiger partial charge in [0.1, 0.15) is 6.04 Å². The van der Waals surface area contributed by atoms with Crippen molar-refractivity contribution in [3.8, 4) is 0 Å². The molecule has 0 rings (SSSR count). The van der Waals surface area contributed by atoms with Gasteiger partial charge in [0.15, 0.2) is 0 Å². The molecular weight excluding hydrogens is 294 g/mol. The lowest BCUT2D eigenvalue weighted by Crippen LogP contribution is -2.47. The standard InChI is InChI=1S/C10H16ClN3O6/c1-19-8(15)4-3-7(9(16)20-2)12-10(17)14(13-18)6-5-11/h7H,3-6H2,1-2H3,(H,12,17)/t7-/m0/s1. The summed E-state index contributed by atoms with van der Waals surface area (Å²) in [6, 6.07) is -1.99. The van der Waals surface area contributed by atoms with Crippen LogP contribution < -0.4 is 5.32 Å². The molecule has 0 saturated carbocycles. The van der Waals surface area contributed by atoms with Crippen LogP contribution in [0.25, 0.3) is 0 Å². The van der Waals surface area contributed by atoms with Crippen LogP contribution in [0.2, 0.25) is 0 Å². The van der Waals surface area contributed by atoms with E-state index in [1.807, 2.05) is 0 Å². The molecular formula is C10H16ClN3O6. The van der Waals surface area contributed by atoms with Gasteiger partial charge in [0.25, 0.3) is 0 Å². The van der Waals surface area contributed by atoms with Gasteiger partial charge in [0, 0.05) is 12.3 Å². The maximum absolute atomic E-state index is 11.6. The summed E-state index contributed by atoms with van der Waals surface area (Å²) in [4.78, 5) is 44.6. The van der Waals surface area contributed by atoms with Gasteiger partial charge in [0.2, 0.25) is 0 Å². The van der Waals surface area contributed by atoms with E-state index in [2.05, 4.69) is 20.1 Å². The molecule has 0 aromatic rings. The second-order valence-corrected chi connectivity index (χ2v) is 3.91. The van der Waals surface area contributed by atoms with Crippen LogP contribution in [0.4, 0.5) is 4.79 Å². The lowest BCUT2D eigenvalue weighted by molar-refractivity contribution is -0.144. The van der Waals surface area contributed by atoms with Crippen LogP contribution in [0.3, 0.4) is 0 Å². The van der Waals surface area contributed by atoms with Crippen LogP contribution in [-0.4, -0.2) is 55.7 Å². The second kappa shape index (κ2) is 9.96. The molecule has 1 atom stereocenters. The van der Waals surface area contributed by atoms with E-state index in [9.17, 15) is 19.3 Å². The minimum Gasteiger partial charge on any atom is -0.469 e. The molecule has 0 unspecified atom stereocenters. The van der Waals surface area contributed by atoms with Gasteiger partial charge >= 0.3 is 18.0 Å². The molecule has 10 heteroatoms. The molecule has 0 aliphatic heterocycles. The largest absolute Gasteiger partial charge is 0.469 e. The first-order valence-electron chi connectivity index (χ1n) is 5.62. The maximum atomic E-state index is 11.6. The summed E-state index contributed by atoms with van der Waals surface area (Å²) in [7, 11) is 2.33. The fraction of sp³-hybridized carbons (Fsp3) is 0.700. The molecule has 0 aromatic heterocycles. The van der Waals surface area contributed by atoms with Crippen LogP contribution in [0, 0.1) is 4.91 Å². The Kier molecular flexibility index (Phi) is 9.01. The molecule has 0 aromatic carbocycles. The number of carbonyl (C=O) groups is 3. The molecule has 0 fully saturated rings. The van der Waals surface area contributed by atoms with E-state index in [0.717, 1.165) is 7.11 Å². The van der Waals surface area contributed by atoms with Gasteiger partial charge in [-0.1, -0.05) is 0 Å². The number of carbonyl (C=O) groups excluding carboxylic acids is 3. The first-order chi connectivity index (χ1) is 9.49.